The summed E-state index contributed by atoms with van der Waals surface area (Å²) in [4.78, 5) is 0. The van der Waals surface area contributed by atoms with Crippen LogP contribution in [0.25, 0.3) is 0 Å². The molecule has 1 aromatic carbocycles. The van der Waals surface area contributed by atoms with Crippen LogP contribution in [0, 0.1) is 5.92 Å². The first kappa shape index (κ1) is 13.8. The molecule has 1 saturated heterocycles. The van der Waals surface area contributed by atoms with Gasteiger partial charge in [-0.2, -0.15) is 0 Å². The van der Waals surface area contributed by atoms with Crippen molar-refractivity contribution in [3.63, 3.8) is 0 Å². The van der Waals surface area contributed by atoms with Crippen LogP contribution in [0.4, 0.5) is 0 Å². The molecule has 0 aliphatic carbocycles. The lowest BCUT2D eigenvalue weighted by Crippen LogP contribution is -2.29. The molecule has 18 heavy (non-hydrogen) atoms. The van der Waals surface area contributed by atoms with E-state index in [4.69, 9.17) is 11.6 Å². The predicted octanol–water partition coefficient (Wildman–Crippen LogP) is 2.60. The second-order valence-electron chi connectivity index (χ2n) is 4.96. The zero-order valence-electron chi connectivity index (χ0n) is 10.5. The number of hydrogen-bond acceptors (Lipinski definition) is 2. The number of hydrogen-bond donors (Lipinski definition) is 0. The van der Waals surface area contributed by atoms with Crippen LogP contribution in [0.2, 0.25) is 0 Å². The van der Waals surface area contributed by atoms with Gasteiger partial charge in [-0.15, -0.1) is 11.6 Å². The maximum absolute atomic E-state index is 12.2. The molecule has 1 aliphatic heterocycles. The maximum atomic E-state index is 12.2. The van der Waals surface area contributed by atoms with Gasteiger partial charge in [0.05, 0.1) is 5.75 Å². The first-order valence-electron chi connectivity index (χ1n) is 6.13. The number of nitrogens with zero attached hydrogens (tertiary/aromatic N) is 1. The highest BCUT2D eigenvalue weighted by Gasteiger charge is 2.29. The molecule has 100 valence electrons. The second kappa shape index (κ2) is 5.59. The Morgan fingerprint density at radius 1 is 1.39 bits per heavy atom. The molecule has 0 spiro atoms. The van der Waals surface area contributed by atoms with Crippen LogP contribution in [-0.2, 0) is 21.7 Å². The minimum absolute atomic E-state index is 0.0739. The van der Waals surface area contributed by atoms with E-state index in [0.717, 1.165) is 17.5 Å². The van der Waals surface area contributed by atoms with Gasteiger partial charge < -0.3 is 0 Å². The van der Waals surface area contributed by atoms with Crippen molar-refractivity contribution in [2.45, 2.75) is 25.0 Å². The Hall–Kier alpha value is -0.580. The lowest BCUT2D eigenvalue weighted by atomic mass is 10.2. The normalized spacial score (nSPS) is 21.3. The van der Waals surface area contributed by atoms with E-state index < -0.39 is 10.0 Å². The summed E-state index contributed by atoms with van der Waals surface area (Å²) in [5, 5.41) is 0. The summed E-state index contributed by atoms with van der Waals surface area (Å²) in [6, 6.07) is 7.47. The van der Waals surface area contributed by atoms with Gasteiger partial charge in [0.2, 0.25) is 10.0 Å². The molecule has 3 nitrogen and oxygen atoms in total. The molecular weight excluding hydrogens is 270 g/mol. The van der Waals surface area contributed by atoms with E-state index in [2.05, 4.69) is 6.92 Å². The Morgan fingerprint density at radius 2 is 2.11 bits per heavy atom. The van der Waals surface area contributed by atoms with Gasteiger partial charge >= 0.3 is 0 Å². The molecule has 1 aliphatic rings. The summed E-state index contributed by atoms with van der Waals surface area (Å²) in [7, 11) is -3.18. The minimum atomic E-state index is -3.18. The molecule has 0 amide bonds. The highest BCUT2D eigenvalue weighted by atomic mass is 35.5. The van der Waals surface area contributed by atoms with Crippen LogP contribution in [0.3, 0.4) is 0 Å². The summed E-state index contributed by atoms with van der Waals surface area (Å²) < 4.78 is 26.1. The molecule has 2 rings (SSSR count). The van der Waals surface area contributed by atoms with E-state index in [1.165, 1.54) is 0 Å². The van der Waals surface area contributed by atoms with Crippen LogP contribution in [-0.4, -0.2) is 25.8 Å². The van der Waals surface area contributed by atoms with Gasteiger partial charge in [-0.1, -0.05) is 31.2 Å². The van der Waals surface area contributed by atoms with Crippen molar-refractivity contribution < 1.29 is 8.42 Å². The van der Waals surface area contributed by atoms with E-state index in [0.29, 0.717) is 24.9 Å². The third-order valence-corrected chi connectivity index (χ3v) is 5.40. The fourth-order valence-corrected chi connectivity index (χ4v) is 4.07. The van der Waals surface area contributed by atoms with Crippen molar-refractivity contribution in [1.82, 2.24) is 4.31 Å². The van der Waals surface area contributed by atoms with Crippen LogP contribution in [0.15, 0.2) is 24.3 Å². The largest absolute Gasteiger partial charge is 0.218 e. The molecule has 1 heterocycles. The predicted molar refractivity (Wildman–Crippen MR) is 74.0 cm³/mol. The van der Waals surface area contributed by atoms with E-state index in [-0.39, 0.29) is 5.75 Å². The van der Waals surface area contributed by atoms with E-state index in [1.807, 2.05) is 24.3 Å². The van der Waals surface area contributed by atoms with E-state index in [9.17, 15) is 8.42 Å². The Labute approximate surface area is 114 Å². The quantitative estimate of drug-likeness (QED) is 0.798. The summed E-state index contributed by atoms with van der Waals surface area (Å²) in [5.41, 5.74) is 1.77. The zero-order chi connectivity index (χ0) is 13.2. The van der Waals surface area contributed by atoms with Gasteiger partial charge in [0, 0.05) is 19.0 Å². The Kier molecular flexibility index (Phi) is 4.30. The lowest BCUT2D eigenvalue weighted by Gasteiger charge is -2.16. The fraction of sp³-hybridized carbons (Fsp3) is 0.538. The first-order valence-corrected chi connectivity index (χ1v) is 8.27. The van der Waals surface area contributed by atoms with Gasteiger partial charge in [-0.3, -0.25) is 0 Å². The highest BCUT2D eigenvalue weighted by molar-refractivity contribution is 7.88. The van der Waals surface area contributed by atoms with Crippen LogP contribution in [0.5, 0.6) is 0 Å². The fourth-order valence-electron chi connectivity index (χ4n) is 2.25. The van der Waals surface area contributed by atoms with Crippen molar-refractivity contribution in [2.75, 3.05) is 13.1 Å². The molecule has 0 saturated carbocycles. The van der Waals surface area contributed by atoms with Gasteiger partial charge in [0.25, 0.3) is 0 Å². The van der Waals surface area contributed by atoms with Crippen LogP contribution < -0.4 is 0 Å². The topological polar surface area (TPSA) is 37.4 Å². The number of rotatable bonds is 4. The smallest absolute Gasteiger partial charge is 0.212 e. The maximum Gasteiger partial charge on any atom is 0.218 e. The summed E-state index contributed by atoms with van der Waals surface area (Å²) in [6.45, 7) is 3.39. The van der Waals surface area contributed by atoms with Crippen molar-refractivity contribution in [1.29, 1.82) is 0 Å². The molecule has 5 heteroatoms. The molecule has 1 unspecified atom stereocenters. The highest BCUT2D eigenvalue weighted by Crippen LogP contribution is 2.21. The standard InChI is InChI=1S/C13H18ClNO2S/c1-11-5-6-15(9-11)18(16,17)10-13-4-2-3-12(7-13)8-14/h2-4,7,11H,5-6,8-10H2,1H3. The van der Waals surface area contributed by atoms with Crippen molar-refractivity contribution >= 4 is 21.6 Å². The van der Waals surface area contributed by atoms with Crippen LogP contribution >= 0.6 is 11.6 Å². The minimum Gasteiger partial charge on any atom is -0.212 e. The molecular formula is C13H18ClNO2S. The second-order valence-corrected chi connectivity index (χ2v) is 7.20. The van der Waals surface area contributed by atoms with Gasteiger partial charge in [0.1, 0.15) is 0 Å². The van der Waals surface area contributed by atoms with Gasteiger partial charge in [-0.05, 0) is 23.5 Å². The summed E-state index contributed by atoms with van der Waals surface area (Å²) in [5.74, 6) is 0.952. The number of halogens is 1. The molecule has 0 bridgehead atoms. The first-order chi connectivity index (χ1) is 8.51. The average molecular weight is 288 g/mol. The number of benzene rings is 1. The van der Waals surface area contributed by atoms with Crippen LogP contribution in [0.1, 0.15) is 24.5 Å². The van der Waals surface area contributed by atoms with E-state index in [1.54, 1.807) is 4.31 Å². The third kappa shape index (κ3) is 3.25. The monoisotopic (exact) mass is 287 g/mol. The van der Waals surface area contributed by atoms with Crippen molar-refractivity contribution in [2.24, 2.45) is 5.92 Å². The molecule has 1 atom stereocenters. The summed E-state index contributed by atoms with van der Waals surface area (Å²) in [6.07, 6.45) is 0.959. The number of sulfonamides is 1. The summed E-state index contributed by atoms with van der Waals surface area (Å²) >= 11 is 5.76. The van der Waals surface area contributed by atoms with Gasteiger partial charge in [-0.25, -0.2) is 12.7 Å². The van der Waals surface area contributed by atoms with E-state index >= 15 is 0 Å². The third-order valence-electron chi connectivity index (χ3n) is 3.27. The Morgan fingerprint density at radius 3 is 2.72 bits per heavy atom. The Bertz CT molecular complexity index is 515. The molecule has 0 radical (unpaired) electrons. The molecule has 1 fully saturated rings. The number of alkyl halides is 1. The molecule has 0 N–H and O–H groups in total. The molecule has 1 aromatic rings. The SMILES string of the molecule is CC1CCN(S(=O)(=O)Cc2cccc(CCl)c2)C1. The Balaban J connectivity index is 2.12. The van der Waals surface area contributed by atoms with Crippen molar-refractivity contribution in [3.8, 4) is 0 Å². The van der Waals surface area contributed by atoms with Gasteiger partial charge in [0.15, 0.2) is 0 Å². The average Bonchev–Trinajstić information content (AvgIpc) is 2.76. The van der Waals surface area contributed by atoms with Crippen molar-refractivity contribution in [3.05, 3.63) is 35.4 Å². The molecule has 0 aromatic heterocycles. The zero-order valence-corrected chi connectivity index (χ0v) is 12.0. The lowest BCUT2D eigenvalue weighted by molar-refractivity contribution is 0.463.